The quantitative estimate of drug-likeness (QED) is 0.173. The number of ether oxygens (including phenoxy) is 1. The van der Waals surface area contributed by atoms with Gasteiger partial charge in [-0.2, -0.15) is 4.57 Å². The van der Waals surface area contributed by atoms with Crippen molar-refractivity contribution in [2.24, 2.45) is 7.05 Å². The number of nitrogens with zero attached hydrogens (tertiary/aromatic N) is 3. The van der Waals surface area contributed by atoms with Crippen LogP contribution >= 0.6 is 0 Å². The van der Waals surface area contributed by atoms with E-state index in [1.807, 2.05) is 12.1 Å². The first-order valence-corrected chi connectivity index (χ1v) is 13.0. The first-order chi connectivity index (χ1) is 16.8. The lowest BCUT2D eigenvalue weighted by Gasteiger charge is -2.23. The van der Waals surface area contributed by atoms with Crippen molar-refractivity contribution in [1.29, 1.82) is 0 Å². The Balaban J connectivity index is 1.67. The topological polar surface area (TPSA) is 41.5 Å². The molecule has 2 heterocycles. The minimum Gasteiger partial charge on any atom is -0.493 e. The fraction of sp³-hybridized carbons (Fsp3) is 0.483. The highest BCUT2D eigenvalue weighted by Gasteiger charge is 2.24. The Labute approximate surface area is 209 Å². The number of rotatable bonds is 12. The zero-order valence-corrected chi connectivity index (χ0v) is 22.4. The zero-order valence-electron chi connectivity index (χ0n) is 22.4. The molecule has 0 amide bonds. The molecule has 0 radical (unpaired) electrons. The third-order valence-electron chi connectivity index (χ3n) is 6.82. The number of hydrogen-bond donors (Lipinski definition) is 1. The molecule has 35 heavy (non-hydrogen) atoms. The van der Waals surface area contributed by atoms with Crippen molar-refractivity contribution in [2.75, 3.05) is 65.8 Å². The number of hydrogen-bond acceptors (Lipinski definition) is 4. The van der Waals surface area contributed by atoms with E-state index in [0.29, 0.717) is 6.61 Å². The molecular formula is C29H42N4O2+2. The van der Waals surface area contributed by atoms with Gasteiger partial charge in [0.15, 0.2) is 0 Å². The molecule has 1 N–H and O–H groups in total. The largest absolute Gasteiger partial charge is 0.493 e. The molecular weight excluding hydrogens is 436 g/mol. The van der Waals surface area contributed by atoms with Gasteiger partial charge in [-0.05, 0) is 50.3 Å². The van der Waals surface area contributed by atoms with Gasteiger partial charge in [0.2, 0.25) is 11.1 Å². The average molecular weight is 479 g/mol. The summed E-state index contributed by atoms with van der Waals surface area (Å²) >= 11 is 0. The lowest BCUT2D eigenvalue weighted by atomic mass is 10.1. The first kappa shape index (κ1) is 25.3. The number of fused-ring (bicyclic) bond motifs is 4. The highest BCUT2D eigenvalue weighted by molar-refractivity contribution is 6.11. The number of nitrogens with one attached hydrogen (secondary N) is 1. The maximum absolute atomic E-state index is 6.47. The molecule has 0 aliphatic heterocycles. The number of quaternary nitrogens is 1. The monoisotopic (exact) mass is 478 g/mol. The van der Waals surface area contributed by atoms with E-state index in [1.165, 1.54) is 10.9 Å². The first-order valence-electron chi connectivity index (χ1n) is 13.0. The molecule has 0 spiro atoms. The fourth-order valence-electron chi connectivity index (χ4n) is 4.84. The van der Waals surface area contributed by atoms with Crippen molar-refractivity contribution in [3.8, 4) is 5.75 Å². The second-order valence-corrected chi connectivity index (χ2v) is 10.4. The number of aromatic nitrogens is 1. The van der Waals surface area contributed by atoms with Crippen LogP contribution in [0.15, 0.2) is 46.9 Å². The van der Waals surface area contributed by atoms with E-state index < -0.39 is 0 Å². The van der Waals surface area contributed by atoms with Crippen LogP contribution in [0.4, 0.5) is 5.69 Å². The van der Waals surface area contributed by atoms with Crippen molar-refractivity contribution in [1.82, 2.24) is 4.90 Å². The SMILES string of the molecule is CCN(CC)CCCNc1c2ccccc2[n+](C)c2c1oc1ccc(OCCC[N+](C)(C)C)cc12. The maximum atomic E-state index is 6.47. The number of pyridine rings is 1. The predicted molar refractivity (Wildman–Crippen MR) is 146 cm³/mol. The van der Waals surface area contributed by atoms with Crippen LogP contribution in [0.1, 0.15) is 26.7 Å². The van der Waals surface area contributed by atoms with Gasteiger partial charge in [-0.3, -0.25) is 0 Å². The van der Waals surface area contributed by atoms with E-state index in [-0.39, 0.29) is 0 Å². The van der Waals surface area contributed by atoms with Crippen LogP contribution in [-0.2, 0) is 7.05 Å². The van der Waals surface area contributed by atoms with E-state index in [0.717, 1.165) is 83.6 Å². The van der Waals surface area contributed by atoms with Gasteiger partial charge in [0, 0.05) is 19.0 Å². The van der Waals surface area contributed by atoms with Crippen molar-refractivity contribution >= 4 is 38.7 Å². The lowest BCUT2D eigenvalue weighted by Crippen LogP contribution is -2.35. The molecule has 6 nitrogen and oxygen atoms in total. The molecule has 2 aromatic heterocycles. The maximum Gasteiger partial charge on any atom is 0.261 e. The van der Waals surface area contributed by atoms with Gasteiger partial charge in [-0.25, -0.2) is 0 Å². The molecule has 0 atom stereocenters. The van der Waals surface area contributed by atoms with Gasteiger partial charge in [0.1, 0.15) is 18.4 Å². The molecule has 0 fully saturated rings. The minimum atomic E-state index is 0.714. The van der Waals surface area contributed by atoms with Crippen molar-refractivity contribution < 1.29 is 18.2 Å². The second-order valence-electron chi connectivity index (χ2n) is 10.4. The van der Waals surface area contributed by atoms with Gasteiger partial charge >= 0.3 is 0 Å². The van der Waals surface area contributed by atoms with Gasteiger partial charge in [0.05, 0.1) is 50.8 Å². The van der Waals surface area contributed by atoms with Gasteiger partial charge in [-0.1, -0.05) is 26.0 Å². The second kappa shape index (κ2) is 10.8. The molecule has 0 bridgehead atoms. The predicted octanol–water partition coefficient (Wildman–Crippen LogP) is 5.18. The van der Waals surface area contributed by atoms with E-state index in [2.05, 4.69) is 87.2 Å². The normalized spacial score (nSPS) is 12.3. The van der Waals surface area contributed by atoms with Crippen molar-refractivity contribution in [3.05, 3.63) is 42.5 Å². The van der Waals surface area contributed by atoms with Crippen molar-refractivity contribution in [3.63, 3.8) is 0 Å². The van der Waals surface area contributed by atoms with Gasteiger partial charge in [0.25, 0.3) is 5.52 Å². The summed E-state index contributed by atoms with van der Waals surface area (Å²) in [6.45, 7) is 10.4. The van der Waals surface area contributed by atoms with Crippen LogP contribution in [0.3, 0.4) is 0 Å². The summed E-state index contributed by atoms with van der Waals surface area (Å²) in [5.74, 6) is 0.892. The van der Waals surface area contributed by atoms with Crippen molar-refractivity contribution in [2.45, 2.75) is 26.7 Å². The lowest BCUT2D eigenvalue weighted by molar-refractivity contribution is -0.870. The van der Waals surface area contributed by atoms with Crippen LogP contribution in [0, 0.1) is 0 Å². The Morgan fingerprint density at radius 3 is 2.51 bits per heavy atom. The molecule has 0 saturated carbocycles. The van der Waals surface area contributed by atoms with Crippen LogP contribution < -0.4 is 14.6 Å². The summed E-state index contributed by atoms with van der Waals surface area (Å²) in [6.07, 6.45) is 2.11. The average Bonchev–Trinajstić information content (AvgIpc) is 3.22. The molecule has 0 saturated heterocycles. The van der Waals surface area contributed by atoms with Crippen LogP contribution in [-0.4, -0.2) is 69.9 Å². The third kappa shape index (κ3) is 5.71. The summed E-state index contributed by atoms with van der Waals surface area (Å²) in [5.41, 5.74) is 5.15. The highest BCUT2D eigenvalue weighted by atomic mass is 16.5. The summed E-state index contributed by atoms with van der Waals surface area (Å²) in [4.78, 5) is 2.46. The number of aryl methyl sites for hydroxylation is 1. The Bertz CT molecular complexity index is 1290. The smallest absolute Gasteiger partial charge is 0.261 e. The molecule has 4 rings (SSSR count). The molecule has 2 aromatic carbocycles. The Hall–Kier alpha value is -2.83. The van der Waals surface area contributed by atoms with E-state index in [9.17, 15) is 0 Å². The highest BCUT2D eigenvalue weighted by Crippen LogP contribution is 2.37. The van der Waals surface area contributed by atoms with Crippen LogP contribution in [0.25, 0.3) is 33.0 Å². The summed E-state index contributed by atoms with van der Waals surface area (Å²) < 4.78 is 15.8. The third-order valence-corrected chi connectivity index (χ3v) is 6.82. The van der Waals surface area contributed by atoms with E-state index >= 15 is 0 Å². The molecule has 0 unspecified atom stereocenters. The number of furan rings is 1. The summed E-state index contributed by atoms with van der Waals surface area (Å²) in [7, 11) is 8.76. The number of benzene rings is 2. The minimum absolute atomic E-state index is 0.714. The molecule has 0 aliphatic carbocycles. The summed E-state index contributed by atoms with van der Waals surface area (Å²) in [5, 5.41) is 5.99. The fourth-order valence-corrected chi connectivity index (χ4v) is 4.84. The van der Waals surface area contributed by atoms with E-state index in [4.69, 9.17) is 9.15 Å². The number of anilines is 1. The zero-order chi connectivity index (χ0) is 25.0. The van der Waals surface area contributed by atoms with Gasteiger partial charge in [-0.15, -0.1) is 0 Å². The van der Waals surface area contributed by atoms with Gasteiger partial charge < -0.3 is 23.9 Å². The van der Waals surface area contributed by atoms with Crippen LogP contribution in [0.2, 0.25) is 0 Å². The molecule has 4 aromatic rings. The van der Waals surface area contributed by atoms with Crippen LogP contribution in [0.5, 0.6) is 5.75 Å². The number of para-hydroxylation sites is 1. The molecule has 188 valence electrons. The molecule has 0 aliphatic rings. The Morgan fingerprint density at radius 2 is 1.77 bits per heavy atom. The standard InChI is InChI=1S/C29H41N4O2/c1-7-32(8-2)18-11-17-30-27-23-13-9-10-14-25(23)31(3)28-24-21-22(15-16-26(24)35-29(27)28)34-20-12-19-33(4,5)6/h9-10,13-16,21H,7-8,11-12,17-20H2,1-6H3/q+1/p+1. The summed E-state index contributed by atoms with van der Waals surface area (Å²) in [6, 6.07) is 14.7. The van der Waals surface area contributed by atoms with E-state index in [1.54, 1.807) is 0 Å². The molecule has 6 heteroatoms. The Kier molecular flexibility index (Phi) is 7.82. The Morgan fingerprint density at radius 1 is 1.00 bits per heavy atom.